The van der Waals surface area contributed by atoms with Crippen LogP contribution in [0.15, 0.2) is 36.4 Å². The van der Waals surface area contributed by atoms with Gasteiger partial charge in [-0.25, -0.2) is 0 Å². The second-order valence-corrected chi connectivity index (χ2v) is 2.69. The topological polar surface area (TPSA) is 40.5 Å². The minimum atomic E-state index is -0.0753. The molecule has 0 aliphatic carbocycles. The Morgan fingerprint density at radius 3 is 1.54 bits per heavy atom. The van der Waals surface area contributed by atoms with Gasteiger partial charge in [-0.15, -0.1) is 0 Å². The number of phenolic OH excluding ortho intramolecular Hbond substituents is 2. The highest BCUT2D eigenvalue weighted by Crippen LogP contribution is 2.29. The smallest absolute Gasteiger partial charge is 0.158 e. The maximum absolute atomic E-state index is 9.17. The third kappa shape index (κ3) is 1.56. The van der Waals surface area contributed by atoms with Crippen LogP contribution >= 0.6 is 0 Å². The van der Waals surface area contributed by atoms with Gasteiger partial charge in [0.2, 0.25) is 0 Å². The third-order valence-electron chi connectivity index (χ3n) is 1.84. The molecule has 2 rings (SSSR count). The van der Waals surface area contributed by atoms with Crippen LogP contribution in [0.1, 0.15) is 7.43 Å². The molecule has 0 amide bonds. The molecule has 2 N–H and O–H groups in total. The highest BCUT2D eigenvalue weighted by molar-refractivity contribution is 5.85. The van der Waals surface area contributed by atoms with E-state index in [9.17, 15) is 0 Å². The fourth-order valence-corrected chi connectivity index (χ4v) is 1.22. The van der Waals surface area contributed by atoms with Crippen LogP contribution in [0.2, 0.25) is 0 Å². The number of fused-ring (bicyclic) bond motifs is 1. The van der Waals surface area contributed by atoms with Crippen LogP contribution in [0, 0.1) is 0 Å². The summed E-state index contributed by atoms with van der Waals surface area (Å²) in [6.45, 7) is 0. The molecule has 2 aromatic carbocycles. The fourth-order valence-electron chi connectivity index (χ4n) is 1.22. The first-order chi connectivity index (χ1) is 5.77. The first-order valence-corrected chi connectivity index (χ1v) is 3.68. The average molecular weight is 176 g/mol. The van der Waals surface area contributed by atoms with Gasteiger partial charge in [-0.05, 0) is 22.9 Å². The summed E-state index contributed by atoms with van der Waals surface area (Å²) in [5.41, 5.74) is 0. The molecule has 0 radical (unpaired) electrons. The zero-order valence-corrected chi connectivity index (χ0v) is 6.36. The van der Waals surface area contributed by atoms with Crippen molar-refractivity contribution in [2.45, 2.75) is 7.43 Å². The van der Waals surface area contributed by atoms with Gasteiger partial charge in [-0.2, -0.15) is 0 Å². The lowest BCUT2D eigenvalue weighted by Gasteiger charge is -2.00. The van der Waals surface area contributed by atoms with Gasteiger partial charge in [-0.1, -0.05) is 31.7 Å². The molecule has 13 heavy (non-hydrogen) atoms. The zero-order chi connectivity index (χ0) is 8.55. The van der Waals surface area contributed by atoms with Crippen LogP contribution in [0.3, 0.4) is 0 Å². The van der Waals surface area contributed by atoms with E-state index >= 15 is 0 Å². The second-order valence-electron chi connectivity index (χ2n) is 2.69. The van der Waals surface area contributed by atoms with Crippen LogP contribution in [-0.2, 0) is 0 Å². The molecular weight excluding hydrogens is 164 g/mol. The van der Waals surface area contributed by atoms with Gasteiger partial charge >= 0.3 is 0 Å². The Morgan fingerprint density at radius 1 is 0.769 bits per heavy atom. The van der Waals surface area contributed by atoms with E-state index in [1.807, 2.05) is 24.3 Å². The van der Waals surface area contributed by atoms with E-state index in [-0.39, 0.29) is 18.9 Å². The van der Waals surface area contributed by atoms with E-state index in [0.29, 0.717) is 0 Å². The van der Waals surface area contributed by atoms with E-state index in [1.54, 1.807) is 12.1 Å². The molecule has 0 aliphatic rings. The lowest BCUT2D eigenvalue weighted by Crippen LogP contribution is -1.72. The predicted octanol–water partition coefficient (Wildman–Crippen LogP) is 2.89. The van der Waals surface area contributed by atoms with Crippen molar-refractivity contribution in [3.8, 4) is 11.5 Å². The molecule has 2 aromatic rings. The molecule has 2 nitrogen and oxygen atoms in total. The maximum atomic E-state index is 9.17. The average Bonchev–Trinajstić information content (AvgIpc) is 2.07. The van der Waals surface area contributed by atoms with Gasteiger partial charge in [0, 0.05) is 0 Å². The van der Waals surface area contributed by atoms with Crippen molar-refractivity contribution in [3.05, 3.63) is 36.4 Å². The van der Waals surface area contributed by atoms with Crippen molar-refractivity contribution in [2.24, 2.45) is 0 Å². The molecule has 0 spiro atoms. The van der Waals surface area contributed by atoms with Gasteiger partial charge in [0.05, 0.1) is 0 Å². The Labute approximate surface area is 77.1 Å². The van der Waals surface area contributed by atoms with Crippen molar-refractivity contribution < 1.29 is 10.2 Å². The molecule has 0 aliphatic heterocycles. The quantitative estimate of drug-likeness (QED) is 0.606. The molecule has 0 atom stereocenters. The third-order valence-corrected chi connectivity index (χ3v) is 1.84. The number of aromatic hydroxyl groups is 2. The fraction of sp³-hybridized carbons (Fsp3) is 0.0909. The van der Waals surface area contributed by atoms with Crippen LogP contribution in [-0.4, -0.2) is 10.2 Å². The number of hydrogen-bond donors (Lipinski definition) is 2. The largest absolute Gasteiger partial charge is 0.504 e. The number of phenols is 2. The molecule has 0 saturated carbocycles. The lowest BCUT2D eigenvalue weighted by molar-refractivity contribution is 0.405. The van der Waals surface area contributed by atoms with Crippen LogP contribution in [0.25, 0.3) is 10.8 Å². The van der Waals surface area contributed by atoms with Crippen molar-refractivity contribution in [1.29, 1.82) is 0 Å². The molecule has 68 valence electrons. The molecule has 0 bridgehead atoms. The minimum Gasteiger partial charge on any atom is -0.504 e. The van der Waals surface area contributed by atoms with Crippen molar-refractivity contribution >= 4 is 10.8 Å². The summed E-state index contributed by atoms with van der Waals surface area (Å²) in [4.78, 5) is 0. The van der Waals surface area contributed by atoms with Gasteiger partial charge in [-0.3, -0.25) is 0 Å². The summed E-state index contributed by atoms with van der Waals surface area (Å²) in [6.07, 6.45) is 0. The van der Waals surface area contributed by atoms with Gasteiger partial charge < -0.3 is 10.2 Å². The highest BCUT2D eigenvalue weighted by Gasteiger charge is 1.99. The van der Waals surface area contributed by atoms with Gasteiger partial charge in [0.15, 0.2) is 11.5 Å². The summed E-state index contributed by atoms with van der Waals surface area (Å²) in [7, 11) is 0. The van der Waals surface area contributed by atoms with Gasteiger partial charge in [0.25, 0.3) is 0 Å². The molecular formula is C11H12O2. The SMILES string of the molecule is C.Oc1cc2ccccc2cc1O. The van der Waals surface area contributed by atoms with Crippen molar-refractivity contribution in [1.82, 2.24) is 0 Å². The maximum Gasteiger partial charge on any atom is 0.158 e. The zero-order valence-electron chi connectivity index (χ0n) is 6.36. The van der Waals surface area contributed by atoms with Gasteiger partial charge in [0.1, 0.15) is 0 Å². The second kappa shape index (κ2) is 3.35. The number of benzene rings is 2. The molecule has 0 heterocycles. The molecule has 0 fully saturated rings. The molecule has 2 heteroatoms. The van der Waals surface area contributed by atoms with Crippen LogP contribution in [0.5, 0.6) is 11.5 Å². The van der Waals surface area contributed by atoms with Crippen molar-refractivity contribution in [2.75, 3.05) is 0 Å². The van der Waals surface area contributed by atoms with Crippen LogP contribution in [0.4, 0.5) is 0 Å². The minimum absolute atomic E-state index is 0. The summed E-state index contributed by atoms with van der Waals surface area (Å²) in [5.74, 6) is -0.151. The Hall–Kier alpha value is -1.70. The van der Waals surface area contributed by atoms with E-state index in [1.165, 1.54) is 0 Å². The number of hydrogen-bond acceptors (Lipinski definition) is 2. The molecule has 0 saturated heterocycles. The van der Waals surface area contributed by atoms with E-state index in [4.69, 9.17) is 10.2 Å². The standard InChI is InChI=1S/C10H8O2.CH4/c11-9-5-7-3-1-2-4-8(7)6-10(9)12;/h1-6,11-12H;1H4. The Bertz CT molecular complexity index is 381. The summed E-state index contributed by atoms with van der Waals surface area (Å²) in [5, 5.41) is 20.2. The Kier molecular flexibility index (Phi) is 2.42. The summed E-state index contributed by atoms with van der Waals surface area (Å²) in [6, 6.07) is 10.6. The predicted molar refractivity (Wildman–Crippen MR) is 54.0 cm³/mol. The first-order valence-electron chi connectivity index (χ1n) is 3.68. The lowest BCUT2D eigenvalue weighted by atomic mass is 10.1. The van der Waals surface area contributed by atoms with Crippen LogP contribution < -0.4 is 0 Å². The highest BCUT2D eigenvalue weighted by atomic mass is 16.3. The van der Waals surface area contributed by atoms with E-state index in [0.717, 1.165) is 10.8 Å². The molecule has 0 aromatic heterocycles. The normalized spacial score (nSPS) is 9.54. The summed E-state index contributed by atoms with van der Waals surface area (Å²) < 4.78 is 0. The van der Waals surface area contributed by atoms with E-state index < -0.39 is 0 Å². The molecule has 0 unspecified atom stereocenters. The monoisotopic (exact) mass is 176 g/mol. The van der Waals surface area contributed by atoms with Crippen molar-refractivity contribution in [3.63, 3.8) is 0 Å². The Morgan fingerprint density at radius 2 is 1.15 bits per heavy atom. The summed E-state index contributed by atoms with van der Waals surface area (Å²) >= 11 is 0. The van der Waals surface area contributed by atoms with E-state index in [2.05, 4.69) is 0 Å². The first kappa shape index (κ1) is 9.39. The Balaban J connectivity index is 0.000000845. The number of rotatable bonds is 0.